The van der Waals surface area contributed by atoms with Gasteiger partial charge in [0.25, 0.3) is 0 Å². The zero-order chi connectivity index (χ0) is 19.4. The van der Waals surface area contributed by atoms with Gasteiger partial charge >= 0.3 is 5.97 Å². The SMILES string of the molecule is COC(=O)c1ccc(CO/N=C(/N)c2ccc(-n3nc(C)cc3C)nc2)o1. The largest absolute Gasteiger partial charge is 0.463 e. The summed E-state index contributed by atoms with van der Waals surface area (Å²) in [6.07, 6.45) is 1.59. The molecule has 3 aromatic heterocycles. The third-order valence-electron chi connectivity index (χ3n) is 3.69. The summed E-state index contributed by atoms with van der Waals surface area (Å²) in [5.41, 5.74) is 8.43. The van der Waals surface area contributed by atoms with Crippen molar-refractivity contribution in [3.05, 3.63) is 65.0 Å². The van der Waals surface area contributed by atoms with Gasteiger partial charge < -0.3 is 19.7 Å². The molecule has 0 fully saturated rings. The number of nitrogens with two attached hydrogens (primary N) is 1. The van der Waals surface area contributed by atoms with Gasteiger partial charge in [0.2, 0.25) is 5.76 Å². The van der Waals surface area contributed by atoms with E-state index in [9.17, 15) is 4.79 Å². The van der Waals surface area contributed by atoms with Crippen LogP contribution >= 0.6 is 0 Å². The number of furan rings is 1. The summed E-state index contributed by atoms with van der Waals surface area (Å²) in [6.45, 7) is 3.90. The minimum absolute atomic E-state index is 0.0228. The minimum atomic E-state index is -0.557. The van der Waals surface area contributed by atoms with E-state index in [0.717, 1.165) is 11.4 Å². The molecule has 0 saturated carbocycles. The molecule has 0 bridgehead atoms. The number of hydrogen-bond acceptors (Lipinski definition) is 7. The van der Waals surface area contributed by atoms with Crippen molar-refractivity contribution in [2.24, 2.45) is 10.9 Å². The standard InChI is InChI=1S/C18H19N5O4/c1-11-8-12(2)23(21-11)16-7-4-13(9-20-16)17(19)22-26-10-14-5-6-15(27-14)18(24)25-3/h4-9H,10H2,1-3H3,(H2,19,22). The second-order valence-electron chi connectivity index (χ2n) is 5.75. The molecule has 0 spiro atoms. The fourth-order valence-corrected chi connectivity index (χ4v) is 2.41. The summed E-state index contributed by atoms with van der Waals surface area (Å²) in [4.78, 5) is 20.9. The first kappa shape index (κ1) is 18.2. The summed E-state index contributed by atoms with van der Waals surface area (Å²) in [5.74, 6) is 0.811. The molecule has 0 aromatic carbocycles. The fraction of sp³-hybridized carbons (Fsp3) is 0.222. The molecule has 9 nitrogen and oxygen atoms in total. The number of ether oxygens (including phenoxy) is 1. The Morgan fingerprint density at radius 1 is 1.30 bits per heavy atom. The van der Waals surface area contributed by atoms with Crippen LogP contribution in [0.3, 0.4) is 0 Å². The van der Waals surface area contributed by atoms with Gasteiger partial charge in [-0.25, -0.2) is 14.5 Å². The van der Waals surface area contributed by atoms with Crippen LogP contribution in [0, 0.1) is 13.8 Å². The number of aromatic nitrogens is 3. The van der Waals surface area contributed by atoms with Crippen molar-refractivity contribution in [2.75, 3.05) is 7.11 Å². The van der Waals surface area contributed by atoms with Crippen LogP contribution in [-0.4, -0.2) is 33.7 Å². The van der Waals surface area contributed by atoms with E-state index in [1.807, 2.05) is 19.9 Å². The number of hydrogen-bond donors (Lipinski definition) is 1. The number of methoxy groups -OCH3 is 1. The molecule has 3 aromatic rings. The molecule has 9 heteroatoms. The first-order chi connectivity index (χ1) is 13.0. The van der Waals surface area contributed by atoms with Crippen LogP contribution in [0.4, 0.5) is 0 Å². The van der Waals surface area contributed by atoms with E-state index in [1.165, 1.54) is 13.2 Å². The van der Waals surface area contributed by atoms with Crippen molar-refractivity contribution in [2.45, 2.75) is 20.5 Å². The van der Waals surface area contributed by atoms with Crippen molar-refractivity contribution >= 4 is 11.8 Å². The van der Waals surface area contributed by atoms with Crippen LogP contribution in [-0.2, 0) is 16.2 Å². The highest BCUT2D eigenvalue weighted by atomic mass is 16.6. The third-order valence-corrected chi connectivity index (χ3v) is 3.69. The predicted octanol–water partition coefficient (Wildman–Crippen LogP) is 2.10. The highest BCUT2D eigenvalue weighted by Crippen LogP contribution is 2.12. The fourth-order valence-electron chi connectivity index (χ4n) is 2.41. The van der Waals surface area contributed by atoms with Gasteiger partial charge in [-0.15, -0.1) is 0 Å². The first-order valence-electron chi connectivity index (χ1n) is 8.10. The maximum Gasteiger partial charge on any atom is 0.373 e. The summed E-state index contributed by atoms with van der Waals surface area (Å²) in [5, 5.41) is 8.23. The van der Waals surface area contributed by atoms with Crippen molar-refractivity contribution < 1.29 is 18.8 Å². The number of carbonyl (C=O) groups is 1. The van der Waals surface area contributed by atoms with E-state index in [0.29, 0.717) is 17.1 Å². The number of aryl methyl sites for hydroxylation is 2. The lowest BCUT2D eigenvalue weighted by molar-refractivity contribution is 0.0553. The highest BCUT2D eigenvalue weighted by molar-refractivity contribution is 5.96. The molecule has 140 valence electrons. The zero-order valence-electron chi connectivity index (χ0n) is 15.2. The molecule has 0 aliphatic carbocycles. The molecule has 3 heterocycles. The van der Waals surface area contributed by atoms with Gasteiger partial charge in [0, 0.05) is 17.5 Å². The molecule has 0 radical (unpaired) electrons. The molecule has 0 saturated heterocycles. The van der Waals surface area contributed by atoms with Gasteiger partial charge in [-0.1, -0.05) is 5.16 Å². The monoisotopic (exact) mass is 369 g/mol. The minimum Gasteiger partial charge on any atom is -0.463 e. The van der Waals surface area contributed by atoms with E-state index in [2.05, 4.69) is 20.0 Å². The summed E-state index contributed by atoms with van der Waals surface area (Å²) < 4.78 is 11.6. The Hall–Kier alpha value is -3.62. The number of amidine groups is 1. The number of nitrogens with zero attached hydrogens (tertiary/aromatic N) is 4. The maximum absolute atomic E-state index is 11.3. The molecule has 27 heavy (non-hydrogen) atoms. The quantitative estimate of drug-likeness (QED) is 0.306. The molecule has 0 amide bonds. The zero-order valence-corrected chi connectivity index (χ0v) is 15.2. The van der Waals surface area contributed by atoms with Crippen LogP contribution in [0.1, 0.15) is 33.3 Å². The maximum atomic E-state index is 11.3. The lowest BCUT2D eigenvalue weighted by atomic mass is 10.2. The lowest BCUT2D eigenvalue weighted by Crippen LogP contribution is -2.14. The Balaban J connectivity index is 1.63. The van der Waals surface area contributed by atoms with E-state index in [-0.39, 0.29) is 18.2 Å². The van der Waals surface area contributed by atoms with E-state index < -0.39 is 5.97 Å². The van der Waals surface area contributed by atoms with Gasteiger partial charge in [-0.2, -0.15) is 5.10 Å². The molecule has 3 rings (SSSR count). The highest BCUT2D eigenvalue weighted by Gasteiger charge is 2.11. The van der Waals surface area contributed by atoms with Gasteiger partial charge in [-0.3, -0.25) is 0 Å². The average Bonchev–Trinajstić information content (AvgIpc) is 3.27. The van der Waals surface area contributed by atoms with Crippen molar-refractivity contribution in [1.82, 2.24) is 14.8 Å². The summed E-state index contributed by atoms with van der Waals surface area (Å²) >= 11 is 0. The predicted molar refractivity (Wildman–Crippen MR) is 96.4 cm³/mol. The number of pyridine rings is 1. The number of oxime groups is 1. The Kier molecular flexibility index (Phi) is 5.20. The van der Waals surface area contributed by atoms with Crippen molar-refractivity contribution in [3.8, 4) is 5.82 Å². The van der Waals surface area contributed by atoms with E-state index >= 15 is 0 Å². The number of carbonyl (C=O) groups excluding carboxylic acids is 1. The first-order valence-corrected chi connectivity index (χ1v) is 8.10. The van der Waals surface area contributed by atoms with Gasteiger partial charge in [0.15, 0.2) is 18.3 Å². The summed E-state index contributed by atoms with van der Waals surface area (Å²) in [6, 6.07) is 8.65. The third kappa shape index (κ3) is 4.14. The lowest BCUT2D eigenvalue weighted by Gasteiger charge is -2.05. The smallest absolute Gasteiger partial charge is 0.373 e. The average molecular weight is 369 g/mol. The van der Waals surface area contributed by atoms with E-state index in [1.54, 1.807) is 29.1 Å². The molecule has 0 aliphatic heterocycles. The second kappa shape index (κ2) is 7.73. The summed E-state index contributed by atoms with van der Waals surface area (Å²) in [7, 11) is 1.28. The van der Waals surface area contributed by atoms with Gasteiger partial charge in [0.1, 0.15) is 5.76 Å². The van der Waals surface area contributed by atoms with E-state index in [4.69, 9.17) is 15.0 Å². The molecular formula is C18H19N5O4. The van der Waals surface area contributed by atoms with Crippen molar-refractivity contribution in [3.63, 3.8) is 0 Å². The molecule has 0 atom stereocenters. The van der Waals surface area contributed by atoms with Gasteiger partial charge in [0.05, 0.1) is 12.8 Å². The number of esters is 1. The molecule has 0 aliphatic rings. The Morgan fingerprint density at radius 2 is 2.11 bits per heavy atom. The Labute approximate surface area is 155 Å². The molecular weight excluding hydrogens is 350 g/mol. The Bertz CT molecular complexity index is 972. The van der Waals surface area contributed by atoms with Crippen molar-refractivity contribution in [1.29, 1.82) is 0 Å². The van der Waals surface area contributed by atoms with Crippen LogP contribution in [0.25, 0.3) is 5.82 Å². The normalized spacial score (nSPS) is 11.4. The number of rotatable bonds is 6. The molecule has 0 unspecified atom stereocenters. The second-order valence-corrected chi connectivity index (χ2v) is 5.75. The topological polar surface area (TPSA) is 118 Å². The van der Waals surface area contributed by atoms with Gasteiger partial charge in [-0.05, 0) is 44.2 Å². The van der Waals surface area contributed by atoms with Crippen LogP contribution in [0.2, 0.25) is 0 Å². The van der Waals surface area contributed by atoms with Crippen LogP contribution in [0.5, 0.6) is 0 Å². The Morgan fingerprint density at radius 3 is 2.74 bits per heavy atom. The van der Waals surface area contributed by atoms with Crippen LogP contribution < -0.4 is 5.73 Å². The molecule has 2 N–H and O–H groups in total. The van der Waals surface area contributed by atoms with Crippen LogP contribution in [0.15, 0.2) is 46.1 Å².